The molecule has 0 saturated carbocycles. The second-order valence-electron chi connectivity index (χ2n) is 2.12. The largest absolute Gasteiger partial charge is 0.392 e. The first-order chi connectivity index (χ1) is 5.74. The Labute approximate surface area is 74.3 Å². The van der Waals surface area contributed by atoms with Crippen LogP contribution >= 0.6 is 11.6 Å². The summed E-state index contributed by atoms with van der Waals surface area (Å²) in [5, 5.41) is 8.79. The predicted octanol–water partition coefficient (Wildman–Crippen LogP) is 1.88. The van der Waals surface area contributed by atoms with Crippen LogP contribution in [-0.2, 0) is 0 Å². The molecule has 64 valence electrons. The van der Waals surface area contributed by atoms with Gasteiger partial charge < -0.3 is 5.11 Å². The van der Waals surface area contributed by atoms with E-state index < -0.39 is 5.95 Å². The number of hydrogen-bond donors (Lipinski definition) is 1. The minimum absolute atomic E-state index is 0.133. The van der Waals surface area contributed by atoms with Gasteiger partial charge >= 0.3 is 0 Å². The fraction of sp³-hybridized carbons (Fsp3) is 0.125. The molecule has 0 saturated heterocycles. The molecule has 1 N–H and O–H groups in total. The number of halogens is 2. The topological polar surface area (TPSA) is 33.1 Å². The predicted molar refractivity (Wildman–Crippen MR) is 45.3 cm³/mol. The van der Waals surface area contributed by atoms with Crippen LogP contribution in [0.15, 0.2) is 18.3 Å². The van der Waals surface area contributed by atoms with Crippen LogP contribution in [0.25, 0.3) is 6.08 Å². The Morgan fingerprint density at radius 2 is 2.42 bits per heavy atom. The maximum Gasteiger partial charge on any atom is 0.220 e. The molecule has 0 aromatic carbocycles. The van der Waals surface area contributed by atoms with Crippen molar-refractivity contribution in [3.05, 3.63) is 34.9 Å². The highest BCUT2D eigenvalue weighted by Crippen LogP contribution is 2.13. The lowest BCUT2D eigenvalue weighted by Gasteiger charge is -1.95. The summed E-state index contributed by atoms with van der Waals surface area (Å²) in [5.41, 5.74) is 0.275. The standard InChI is InChI=1S/C8H7ClFNO/c9-7-4-6(2-1-3-12)8(10)11-5-7/h1-2,4-5,12H,3H2. The van der Waals surface area contributed by atoms with E-state index in [4.69, 9.17) is 16.7 Å². The van der Waals surface area contributed by atoms with E-state index in [2.05, 4.69) is 4.98 Å². The first-order valence-electron chi connectivity index (χ1n) is 3.32. The van der Waals surface area contributed by atoms with Crippen molar-refractivity contribution >= 4 is 17.7 Å². The van der Waals surface area contributed by atoms with Crippen LogP contribution in [0.1, 0.15) is 5.56 Å². The van der Waals surface area contributed by atoms with Crippen LogP contribution in [-0.4, -0.2) is 16.7 Å². The summed E-state index contributed by atoms with van der Waals surface area (Å²) in [7, 11) is 0. The highest BCUT2D eigenvalue weighted by atomic mass is 35.5. The maximum atomic E-state index is 12.8. The van der Waals surface area contributed by atoms with Gasteiger partial charge in [-0.1, -0.05) is 23.8 Å². The van der Waals surface area contributed by atoms with E-state index >= 15 is 0 Å². The zero-order valence-electron chi connectivity index (χ0n) is 6.17. The number of aliphatic hydroxyl groups is 1. The third-order valence-electron chi connectivity index (χ3n) is 1.24. The third-order valence-corrected chi connectivity index (χ3v) is 1.44. The normalized spacial score (nSPS) is 10.9. The van der Waals surface area contributed by atoms with Gasteiger partial charge in [0.15, 0.2) is 0 Å². The van der Waals surface area contributed by atoms with Crippen molar-refractivity contribution in [3.63, 3.8) is 0 Å². The van der Waals surface area contributed by atoms with Gasteiger partial charge in [0.2, 0.25) is 5.95 Å². The summed E-state index contributed by atoms with van der Waals surface area (Å²) in [6.45, 7) is -0.133. The molecule has 0 aliphatic carbocycles. The molecule has 0 radical (unpaired) electrons. The molecule has 1 aromatic rings. The Hall–Kier alpha value is -0.930. The molecular formula is C8H7ClFNO. The van der Waals surface area contributed by atoms with E-state index in [0.29, 0.717) is 5.02 Å². The Morgan fingerprint density at radius 1 is 1.67 bits per heavy atom. The van der Waals surface area contributed by atoms with Gasteiger partial charge in [0.05, 0.1) is 11.6 Å². The van der Waals surface area contributed by atoms with E-state index in [1.807, 2.05) is 0 Å². The lowest BCUT2D eigenvalue weighted by atomic mass is 10.2. The molecule has 0 aliphatic heterocycles. The molecule has 0 atom stereocenters. The maximum absolute atomic E-state index is 12.8. The smallest absolute Gasteiger partial charge is 0.220 e. The quantitative estimate of drug-likeness (QED) is 0.718. The fourth-order valence-corrected chi connectivity index (χ4v) is 0.901. The summed E-state index contributed by atoms with van der Waals surface area (Å²) in [6, 6.07) is 1.44. The van der Waals surface area contributed by atoms with Gasteiger partial charge in [-0.3, -0.25) is 0 Å². The van der Waals surface area contributed by atoms with E-state index in [9.17, 15) is 4.39 Å². The summed E-state index contributed by atoms with van der Waals surface area (Å²) in [6.07, 6.45) is 4.07. The molecule has 0 bridgehead atoms. The lowest BCUT2D eigenvalue weighted by Crippen LogP contribution is -1.87. The van der Waals surface area contributed by atoms with Crippen LogP contribution in [0.5, 0.6) is 0 Å². The summed E-state index contributed by atoms with van der Waals surface area (Å²) < 4.78 is 12.8. The van der Waals surface area contributed by atoms with E-state index in [1.165, 1.54) is 24.4 Å². The molecule has 0 aliphatic rings. The molecule has 1 heterocycles. The van der Waals surface area contributed by atoms with Gasteiger partial charge in [-0.15, -0.1) is 0 Å². The average molecular weight is 188 g/mol. The second-order valence-corrected chi connectivity index (χ2v) is 2.55. The van der Waals surface area contributed by atoms with Gasteiger partial charge in [0.1, 0.15) is 0 Å². The zero-order valence-corrected chi connectivity index (χ0v) is 6.92. The first kappa shape index (κ1) is 9.16. The molecule has 0 spiro atoms. The Kier molecular flexibility index (Phi) is 3.19. The van der Waals surface area contributed by atoms with E-state index in [1.54, 1.807) is 0 Å². The third kappa shape index (κ3) is 2.29. The molecular weight excluding hydrogens is 181 g/mol. The van der Waals surface area contributed by atoms with Gasteiger partial charge in [0.25, 0.3) is 0 Å². The molecule has 0 amide bonds. The van der Waals surface area contributed by atoms with E-state index in [-0.39, 0.29) is 12.2 Å². The SMILES string of the molecule is OCC=Cc1cc(Cl)cnc1F. The Morgan fingerprint density at radius 3 is 3.08 bits per heavy atom. The van der Waals surface area contributed by atoms with Crippen LogP contribution in [0, 0.1) is 5.95 Å². The van der Waals surface area contributed by atoms with Crippen LogP contribution in [0.2, 0.25) is 5.02 Å². The lowest BCUT2D eigenvalue weighted by molar-refractivity contribution is 0.343. The fourth-order valence-electron chi connectivity index (χ4n) is 0.735. The van der Waals surface area contributed by atoms with Gasteiger partial charge in [-0.05, 0) is 6.07 Å². The van der Waals surface area contributed by atoms with Gasteiger partial charge in [0, 0.05) is 11.8 Å². The molecule has 0 unspecified atom stereocenters. The number of aromatic nitrogens is 1. The van der Waals surface area contributed by atoms with Crippen LogP contribution in [0.3, 0.4) is 0 Å². The number of pyridine rings is 1. The van der Waals surface area contributed by atoms with Crippen molar-refractivity contribution in [2.24, 2.45) is 0 Å². The van der Waals surface area contributed by atoms with Gasteiger partial charge in [-0.25, -0.2) is 4.98 Å². The van der Waals surface area contributed by atoms with Gasteiger partial charge in [-0.2, -0.15) is 4.39 Å². The van der Waals surface area contributed by atoms with Crippen LogP contribution in [0.4, 0.5) is 4.39 Å². The molecule has 1 rings (SSSR count). The Balaban J connectivity index is 2.97. The van der Waals surface area contributed by atoms with Crippen molar-refractivity contribution in [1.29, 1.82) is 0 Å². The minimum atomic E-state index is -0.593. The number of nitrogens with zero attached hydrogens (tertiary/aromatic N) is 1. The first-order valence-corrected chi connectivity index (χ1v) is 3.70. The molecule has 4 heteroatoms. The highest BCUT2D eigenvalue weighted by Gasteiger charge is 1.99. The van der Waals surface area contributed by atoms with Crippen molar-refractivity contribution in [2.45, 2.75) is 0 Å². The van der Waals surface area contributed by atoms with E-state index in [0.717, 1.165) is 0 Å². The Bertz CT molecular complexity index is 301. The van der Waals surface area contributed by atoms with Crippen molar-refractivity contribution < 1.29 is 9.50 Å². The monoisotopic (exact) mass is 187 g/mol. The summed E-state index contributed by atoms with van der Waals surface area (Å²) in [5.74, 6) is -0.593. The van der Waals surface area contributed by atoms with Crippen LogP contribution < -0.4 is 0 Å². The number of rotatable bonds is 2. The summed E-state index contributed by atoms with van der Waals surface area (Å²) in [4.78, 5) is 3.40. The molecule has 2 nitrogen and oxygen atoms in total. The minimum Gasteiger partial charge on any atom is -0.392 e. The van der Waals surface area contributed by atoms with Crippen molar-refractivity contribution in [1.82, 2.24) is 4.98 Å². The van der Waals surface area contributed by atoms with Crippen molar-refractivity contribution in [2.75, 3.05) is 6.61 Å². The second kappa shape index (κ2) is 4.18. The number of aliphatic hydroxyl groups excluding tert-OH is 1. The highest BCUT2D eigenvalue weighted by molar-refractivity contribution is 6.30. The number of hydrogen-bond acceptors (Lipinski definition) is 2. The molecule has 0 fully saturated rings. The van der Waals surface area contributed by atoms with Crippen molar-refractivity contribution in [3.8, 4) is 0 Å². The average Bonchev–Trinajstić information content (AvgIpc) is 2.07. The molecule has 1 aromatic heterocycles. The zero-order chi connectivity index (χ0) is 8.97. The molecule has 12 heavy (non-hydrogen) atoms. The summed E-state index contributed by atoms with van der Waals surface area (Å²) >= 11 is 5.57.